The number of hydrogen-bond acceptors (Lipinski definition) is 4. The summed E-state index contributed by atoms with van der Waals surface area (Å²) in [5.41, 5.74) is -0.131. The van der Waals surface area contributed by atoms with Gasteiger partial charge < -0.3 is 10.1 Å². The van der Waals surface area contributed by atoms with Crippen molar-refractivity contribution in [1.29, 1.82) is 0 Å². The lowest BCUT2D eigenvalue weighted by Gasteiger charge is -2.05. The molecule has 0 saturated heterocycles. The lowest BCUT2D eigenvalue weighted by atomic mass is 10.1. The third-order valence-electron chi connectivity index (χ3n) is 2.81. The Morgan fingerprint density at radius 1 is 1.27 bits per heavy atom. The number of benzene rings is 1. The number of nitrogens with one attached hydrogen (secondary N) is 2. The van der Waals surface area contributed by atoms with Crippen LogP contribution in [0.3, 0.4) is 0 Å². The molecular weight excluding hydrogens is 296 g/mol. The molecule has 6 nitrogen and oxygen atoms in total. The van der Waals surface area contributed by atoms with Crippen molar-refractivity contribution >= 4 is 17.7 Å². The number of rotatable bonds is 4. The van der Waals surface area contributed by atoms with E-state index in [1.54, 1.807) is 6.92 Å². The summed E-state index contributed by atoms with van der Waals surface area (Å²) in [7, 11) is 0. The van der Waals surface area contributed by atoms with Crippen LogP contribution in [0.4, 0.5) is 14.6 Å². The number of amides is 1. The monoisotopic (exact) mass is 309 g/mol. The van der Waals surface area contributed by atoms with Crippen LogP contribution < -0.4 is 5.32 Å². The second kappa shape index (κ2) is 6.33. The van der Waals surface area contributed by atoms with Crippen molar-refractivity contribution < 1.29 is 23.1 Å². The first kappa shape index (κ1) is 15.6. The summed E-state index contributed by atoms with van der Waals surface area (Å²) in [6.07, 6.45) is 0. The van der Waals surface area contributed by atoms with Gasteiger partial charge in [0.1, 0.15) is 17.3 Å². The molecule has 0 bridgehead atoms. The lowest BCUT2D eigenvalue weighted by Crippen LogP contribution is -2.14. The van der Waals surface area contributed by atoms with Gasteiger partial charge in [0.2, 0.25) is 0 Å². The van der Waals surface area contributed by atoms with Gasteiger partial charge in [-0.1, -0.05) is 0 Å². The zero-order valence-corrected chi connectivity index (χ0v) is 11.9. The molecule has 0 radical (unpaired) electrons. The van der Waals surface area contributed by atoms with E-state index in [1.807, 2.05) is 0 Å². The van der Waals surface area contributed by atoms with Gasteiger partial charge in [0.15, 0.2) is 5.82 Å². The van der Waals surface area contributed by atoms with Crippen LogP contribution in [-0.2, 0) is 4.74 Å². The second-order valence-electron chi connectivity index (χ2n) is 4.42. The number of aryl methyl sites for hydroxylation is 1. The highest BCUT2D eigenvalue weighted by atomic mass is 19.1. The first-order valence-corrected chi connectivity index (χ1v) is 6.42. The van der Waals surface area contributed by atoms with Crippen molar-refractivity contribution in [2.75, 3.05) is 11.9 Å². The highest BCUT2D eigenvalue weighted by Gasteiger charge is 2.17. The van der Waals surface area contributed by atoms with Gasteiger partial charge in [0, 0.05) is 12.1 Å². The Morgan fingerprint density at radius 2 is 2.00 bits per heavy atom. The minimum Gasteiger partial charge on any atom is -0.461 e. The molecule has 1 aromatic carbocycles. The van der Waals surface area contributed by atoms with Crippen LogP contribution in [0.5, 0.6) is 0 Å². The average molecular weight is 309 g/mol. The zero-order chi connectivity index (χ0) is 16.3. The minimum atomic E-state index is -0.984. The van der Waals surface area contributed by atoms with Gasteiger partial charge in [0.25, 0.3) is 5.91 Å². The number of aromatic nitrogens is 2. The molecule has 0 unspecified atom stereocenters. The molecule has 0 atom stereocenters. The Labute approximate surface area is 124 Å². The van der Waals surface area contributed by atoms with E-state index in [0.29, 0.717) is 6.07 Å². The van der Waals surface area contributed by atoms with Crippen molar-refractivity contribution in [3.63, 3.8) is 0 Å². The fourth-order valence-corrected chi connectivity index (χ4v) is 1.71. The van der Waals surface area contributed by atoms with E-state index < -0.39 is 23.5 Å². The van der Waals surface area contributed by atoms with E-state index in [4.69, 9.17) is 4.74 Å². The number of carbonyl (C=O) groups is 2. The Hall–Kier alpha value is -2.77. The number of ether oxygens (including phenoxy) is 1. The normalized spacial score (nSPS) is 10.4. The second-order valence-corrected chi connectivity index (χ2v) is 4.42. The Balaban J connectivity index is 2.16. The Morgan fingerprint density at radius 3 is 2.68 bits per heavy atom. The SMILES string of the molecule is CCOC(=O)c1cc(NC(=O)c2cc(C)c(F)cc2F)n[nH]1. The molecule has 0 spiro atoms. The zero-order valence-electron chi connectivity index (χ0n) is 11.9. The number of esters is 1. The molecule has 1 amide bonds. The smallest absolute Gasteiger partial charge is 0.356 e. The summed E-state index contributed by atoms with van der Waals surface area (Å²) >= 11 is 0. The first-order valence-electron chi connectivity index (χ1n) is 6.42. The lowest BCUT2D eigenvalue weighted by molar-refractivity contribution is 0.0519. The van der Waals surface area contributed by atoms with Crippen molar-refractivity contribution in [3.8, 4) is 0 Å². The molecule has 0 aliphatic heterocycles. The molecular formula is C14H13F2N3O3. The molecule has 22 heavy (non-hydrogen) atoms. The maximum atomic E-state index is 13.6. The Bertz CT molecular complexity index is 728. The topological polar surface area (TPSA) is 84.1 Å². The Kier molecular flexibility index (Phi) is 4.50. The molecule has 2 rings (SSSR count). The fourth-order valence-electron chi connectivity index (χ4n) is 1.71. The van der Waals surface area contributed by atoms with Crippen LogP contribution in [0.25, 0.3) is 0 Å². The molecule has 0 aliphatic carbocycles. The van der Waals surface area contributed by atoms with Crippen LogP contribution in [0.15, 0.2) is 18.2 Å². The van der Waals surface area contributed by atoms with E-state index in [1.165, 1.54) is 13.0 Å². The summed E-state index contributed by atoms with van der Waals surface area (Å²) in [6, 6.07) is 2.99. The number of nitrogens with zero attached hydrogens (tertiary/aromatic N) is 1. The van der Waals surface area contributed by atoms with Crippen molar-refractivity contribution in [2.45, 2.75) is 13.8 Å². The fraction of sp³-hybridized carbons (Fsp3) is 0.214. The highest BCUT2D eigenvalue weighted by molar-refractivity contribution is 6.04. The summed E-state index contributed by atoms with van der Waals surface area (Å²) < 4.78 is 31.5. The van der Waals surface area contributed by atoms with Gasteiger partial charge in [0.05, 0.1) is 12.2 Å². The molecule has 116 valence electrons. The van der Waals surface area contributed by atoms with Gasteiger partial charge in [-0.2, -0.15) is 5.10 Å². The van der Waals surface area contributed by atoms with Crippen LogP contribution in [-0.4, -0.2) is 28.7 Å². The third-order valence-corrected chi connectivity index (χ3v) is 2.81. The van der Waals surface area contributed by atoms with Crippen molar-refractivity contribution in [1.82, 2.24) is 10.2 Å². The van der Waals surface area contributed by atoms with Gasteiger partial charge in [-0.15, -0.1) is 0 Å². The largest absolute Gasteiger partial charge is 0.461 e. The predicted octanol–water partition coefficient (Wildman–Crippen LogP) is 2.43. The van der Waals surface area contributed by atoms with E-state index in [-0.39, 0.29) is 29.2 Å². The van der Waals surface area contributed by atoms with Gasteiger partial charge >= 0.3 is 5.97 Å². The number of H-pyrrole nitrogens is 1. The third kappa shape index (κ3) is 3.27. The number of halogens is 2. The van der Waals surface area contributed by atoms with Gasteiger partial charge in [-0.05, 0) is 25.5 Å². The van der Waals surface area contributed by atoms with Crippen LogP contribution >= 0.6 is 0 Å². The van der Waals surface area contributed by atoms with E-state index in [2.05, 4.69) is 15.5 Å². The molecule has 1 heterocycles. The molecule has 1 aromatic heterocycles. The highest BCUT2D eigenvalue weighted by Crippen LogP contribution is 2.16. The maximum Gasteiger partial charge on any atom is 0.356 e. The summed E-state index contributed by atoms with van der Waals surface area (Å²) in [6.45, 7) is 3.26. The van der Waals surface area contributed by atoms with Gasteiger partial charge in [-0.3, -0.25) is 9.89 Å². The van der Waals surface area contributed by atoms with E-state index in [0.717, 1.165) is 6.07 Å². The maximum absolute atomic E-state index is 13.6. The summed E-state index contributed by atoms with van der Waals surface area (Å²) in [5, 5.41) is 8.40. The first-order chi connectivity index (χ1) is 10.4. The van der Waals surface area contributed by atoms with Crippen molar-refractivity contribution in [3.05, 3.63) is 46.7 Å². The average Bonchev–Trinajstić information content (AvgIpc) is 2.91. The molecule has 0 aliphatic rings. The van der Waals surface area contributed by atoms with Gasteiger partial charge in [-0.25, -0.2) is 13.6 Å². The van der Waals surface area contributed by atoms with Crippen LogP contribution in [0.2, 0.25) is 0 Å². The molecule has 8 heteroatoms. The molecule has 0 saturated carbocycles. The van der Waals surface area contributed by atoms with Crippen LogP contribution in [0, 0.1) is 18.6 Å². The number of anilines is 1. The van der Waals surface area contributed by atoms with E-state index >= 15 is 0 Å². The summed E-state index contributed by atoms with van der Waals surface area (Å²) in [4.78, 5) is 23.4. The number of carbonyl (C=O) groups excluding carboxylic acids is 2. The number of hydrogen-bond donors (Lipinski definition) is 2. The quantitative estimate of drug-likeness (QED) is 0.850. The standard InChI is InChI=1S/C14H13F2N3O3/c1-3-22-14(21)11-6-12(19-18-11)17-13(20)8-4-7(2)9(15)5-10(8)16/h4-6H,3H2,1-2H3,(H2,17,18,19,20). The van der Waals surface area contributed by atoms with E-state index in [9.17, 15) is 18.4 Å². The van der Waals surface area contributed by atoms with Crippen LogP contribution in [0.1, 0.15) is 33.3 Å². The predicted molar refractivity (Wildman–Crippen MR) is 73.6 cm³/mol. The number of aromatic amines is 1. The molecule has 2 N–H and O–H groups in total. The van der Waals surface area contributed by atoms with Crippen molar-refractivity contribution in [2.24, 2.45) is 0 Å². The molecule has 2 aromatic rings. The minimum absolute atomic E-state index is 0.0226. The molecule has 0 fully saturated rings. The summed E-state index contributed by atoms with van der Waals surface area (Å²) in [5.74, 6) is -3.13.